The molecular formula is C14H31NO5S2. The molecule has 0 bridgehead atoms. The van der Waals surface area contributed by atoms with Gasteiger partial charge in [0.25, 0.3) is 0 Å². The Morgan fingerprint density at radius 1 is 0.955 bits per heavy atom. The van der Waals surface area contributed by atoms with Crippen LogP contribution in [0.2, 0.25) is 0 Å². The van der Waals surface area contributed by atoms with Gasteiger partial charge in [0.2, 0.25) is 10.0 Å². The molecule has 0 unspecified atom stereocenters. The van der Waals surface area contributed by atoms with Gasteiger partial charge in [-0.05, 0) is 33.1 Å². The number of ether oxygens (including phenoxy) is 1. The topological polar surface area (TPSA) is 80.8 Å². The van der Waals surface area contributed by atoms with E-state index < -0.39 is 26.0 Å². The second kappa shape index (κ2) is 8.61. The fraction of sp³-hybridized carbons (Fsp3) is 1.00. The van der Waals surface area contributed by atoms with Crippen molar-refractivity contribution in [1.29, 1.82) is 0 Å². The van der Waals surface area contributed by atoms with Crippen LogP contribution in [0.15, 0.2) is 0 Å². The predicted octanol–water partition coefficient (Wildman–Crippen LogP) is 1.52. The molecule has 0 saturated carbocycles. The van der Waals surface area contributed by atoms with Crippen molar-refractivity contribution >= 4 is 19.9 Å². The van der Waals surface area contributed by atoms with E-state index in [9.17, 15) is 16.8 Å². The van der Waals surface area contributed by atoms with Gasteiger partial charge >= 0.3 is 0 Å². The first-order chi connectivity index (χ1) is 9.74. The second-order valence-electron chi connectivity index (χ2n) is 6.55. The average Bonchev–Trinajstić information content (AvgIpc) is 2.28. The Balaban J connectivity index is 5.12. The molecule has 0 spiro atoms. The van der Waals surface area contributed by atoms with E-state index in [-0.39, 0.29) is 36.8 Å². The van der Waals surface area contributed by atoms with Crippen molar-refractivity contribution in [3.05, 3.63) is 0 Å². The minimum Gasteiger partial charge on any atom is -0.374 e. The third-order valence-corrected chi connectivity index (χ3v) is 5.94. The van der Waals surface area contributed by atoms with Crippen molar-refractivity contribution in [1.82, 2.24) is 4.31 Å². The van der Waals surface area contributed by atoms with E-state index in [2.05, 4.69) is 0 Å². The van der Waals surface area contributed by atoms with Crippen LogP contribution in [0, 0.1) is 5.92 Å². The summed E-state index contributed by atoms with van der Waals surface area (Å²) >= 11 is 0. The first kappa shape index (κ1) is 21.8. The quantitative estimate of drug-likeness (QED) is 0.592. The molecule has 22 heavy (non-hydrogen) atoms. The van der Waals surface area contributed by atoms with Crippen LogP contribution in [0.4, 0.5) is 0 Å². The minimum atomic E-state index is -3.37. The molecule has 134 valence electrons. The summed E-state index contributed by atoms with van der Waals surface area (Å²) in [7, 11) is -6.48. The number of sulfonamides is 1. The summed E-state index contributed by atoms with van der Waals surface area (Å²) in [5, 5.41) is 0. The lowest BCUT2D eigenvalue weighted by Gasteiger charge is -2.31. The van der Waals surface area contributed by atoms with Crippen molar-refractivity contribution < 1.29 is 21.6 Å². The van der Waals surface area contributed by atoms with Gasteiger partial charge in [-0.1, -0.05) is 13.8 Å². The molecule has 0 saturated heterocycles. The number of rotatable bonds is 10. The van der Waals surface area contributed by atoms with E-state index in [1.807, 2.05) is 20.8 Å². The van der Waals surface area contributed by atoms with Gasteiger partial charge in [0.05, 0.1) is 24.2 Å². The van der Waals surface area contributed by atoms with Crippen molar-refractivity contribution in [3.8, 4) is 0 Å². The molecule has 0 aliphatic rings. The van der Waals surface area contributed by atoms with Gasteiger partial charge < -0.3 is 4.74 Å². The molecule has 2 atom stereocenters. The Bertz CT molecular complexity index is 525. The smallest absolute Gasteiger partial charge is 0.211 e. The Labute approximate surface area is 136 Å². The van der Waals surface area contributed by atoms with E-state index in [4.69, 9.17) is 4.74 Å². The summed E-state index contributed by atoms with van der Waals surface area (Å²) < 4.78 is 53.8. The maximum atomic E-state index is 11.9. The highest BCUT2D eigenvalue weighted by molar-refractivity contribution is 7.90. The zero-order valence-electron chi connectivity index (χ0n) is 14.7. The van der Waals surface area contributed by atoms with E-state index in [1.165, 1.54) is 10.6 Å². The second-order valence-corrected chi connectivity index (χ2v) is 10.7. The highest BCUT2D eigenvalue weighted by Crippen LogP contribution is 2.16. The van der Waals surface area contributed by atoms with Gasteiger partial charge in [-0.15, -0.1) is 0 Å². The van der Waals surface area contributed by atoms with Crippen molar-refractivity contribution in [2.75, 3.05) is 24.8 Å². The first-order valence-corrected chi connectivity index (χ1v) is 11.4. The highest BCUT2D eigenvalue weighted by atomic mass is 32.2. The molecule has 8 heteroatoms. The largest absolute Gasteiger partial charge is 0.374 e. The van der Waals surface area contributed by atoms with E-state index in [1.54, 1.807) is 13.8 Å². The minimum absolute atomic E-state index is 0.0157. The molecule has 0 N–H and O–H groups in total. The Morgan fingerprint density at radius 3 is 1.77 bits per heavy atom. The van der Waals surface area contributed by atoms with Crippen LogP contribution >= 0.6 is 0 Å². The molecular weight excluding hydrogens is 326 g/mol. The van der Waals surface area contributed by atoms with Crippen molar-refractivity contribution in [2.24, 2.45) is 5.92 Å². The van der Waals surface area contributed by atoms with Gasteiger partial charge in [0, 0.05) is 18.8 Å². The highest BCUT2D eigenvalue weighted by Gasteiger charge is 2.27. The zero-order valence-corrected chi connectivity index (χ0v) is 16.4. The van der Waals surface area contributed by atoms with Crippen LogP contribution in [0.25, 0.3) is 0 Å². The lowest BCUT2D eigenvalue weighted by molar-refractivity contribution is -0.0348. The summed E-state index contributed by atoms with van der Waals surface area (Å²) in [5.41, 5.74) is 0. The summed E-state index contributed by atoms with van der Waals surface area (Å²) in [6.07, 6.45) is 2.11. The van der Waals surface area contributed by atoms with Crippen LogP contribution in [-0.2, 0) is 24.6 Å². The average molecular weight is 358 g/mol. The maximum absolute atomic E-state index is 11.9. The van der Waals surface area contributed by atoms with Gasteiger partial charge in [0.1, 0.15) is 9.84 Å². The Morgan fingerprint density at radius 2 is 1.45 bits per heavy atom. The summed E-state index contributed by atoms with van der Waals surface area (Å²) in [5.74, 6) is 0.254. The third-order valence-electron chi connectivity index (χ3n) is 3.54. The third kappa shape index (κ3) is 9.07. The molecule has 0 aliphatic heterocycles. The fourth-order valence-electron chi connectivity index (χ4n) is 1.94. The van der Waals surface area contributed by atoms with Crippen LogP contribution in [0.5, 0.6) is 0 Å². The van der Waals surface area contributed by atoms with Gasteiger partial charge in [-0.2, -0.15) is 4.31 Å². The molecule has 0 radical (unpaired) electrons. The van der Waals surface area contributed by atoms with Crippen LogP contribution < -0.4 is 0 Å². The SMILES string of the molecule is CC(C)[C@H](C)O[C@@H](CCS(C)(=O)=O)CN(C(C)C)S(C)(=O)=O. The molecule has 0 aliphatic carbocycles. The van der Waals surface area contributed by atoms with Crippen molar-refractivity contribution in [2.45, 2.75) is 59.3 Å². The molecule has 0 heterocycles. The molecule has 0 amide bonds. The van der Waals surface area contributed by atoms with Gasteiger partial charge in [-0.25, -0.2) is 16.8 Å². The normalized spacial score (nSPS) is 16.5. The summed E-state index contributed by atoms with van der Waals surface area (Å²) in [6, 6.07) is -0.200. The summed E-state index contributed by atoms with van der Waals surface area (Å²) in [4.78, 5) is 0. The van der Waals surface area contributed by atoms with Crippen LogP contribution in [0.3, 0.4) is 0 Å². The Hall–Kier alpha value is -0.180. The molecule has 0 aromatic rings. The molecule has 0 fully saturated rings. The van der Waals surface area contributed by atoms with Gasteiger partial charge in [-0.3, -0.25) is 0 Å². The molecule has 0 aromatic carbocycles. The molecule has 6 nitrogen and oxygen atoms in total. The fourth-order valence-corrected chi connectivity index (χ4v) is 3.83. The standard InChI is InChI=1S/C14H31NO5S2/c1-11(2)13(5)20-14(8-9-21(6,16)17)10-15(12(3)4)22(7,18)19/h11-14H,8-10H2,1-7H3/t13-,14-/m0/s1. The maximum Gasteiger partial charge on any atom is 0.211 e. The lowest BCUT2D eigenvalue weighted by Crippen LogP contribution is -2.43. The van der Waals surface area contributed by atoms with Gasteiger partial charge in [0.15, 0.2) is 0 Å². The zero-order chi connectivity index (χ0) is 17.7. The van der Waals surface area contributed by atoms with Crippen LogP contribution in [-0.4, -0.2) is 64.2 Å². The predicted molar refractivity (Wildman–Crippen MR) is 90.2 cm³/mol. The number of nitrogens with zero attached hydrogens (tertiary/aromatic N) is 1. The number of hydrogen-bond acceptors (Lipinski definition) is 5. The van der Waals surface area contributed by atoms with E-state index in [0.29, 0.717) is 0 Å². The molecule has 0 rings (SSSR count). The number of hydrogen-bond donors (Lipinski definition) is 0. The van der Waals surface area contributed by atoms with Crippen molar-refractivity contribution in [3.63, 3.8) is 0 Å². The van der Waals surface area contributed by atoms with Crippen LogP contribution in [0.1, 0.15) is 41.0 Å². The monoisotopic (exact) mass is 357 g/mol. The number of sulfone groups is 1. The Kier molecular flexibility index (Phi) is 8.54. The lowest BCUT2D eigenvalue weighted by atomic mass is 10.1. The van der Waals surface area contributed by atoms with E-state index >= 15 is 0 Å². The summed E-state index contributed by atoms with van der Waals surface area (Å²) in [6.45, 7) is 9.69. The van der Waals surface area contributed by atoms with E-state index in [0.717, 1.165) is 6.26 Å². The molecule has 0 aromatic heterocycles. The first-order valence-electron chi connectivity index (χ1n) is 7.54.